The molecule has 1 saturated heterocycles. The van der Waals surface area contributed by atoms with Crippen molar-refractivity contribution in [2.75, 3.05) is 30.7 Å². The number of para-hydroxylation sites is 2. The number of nitrogens with one attached hydrogen (secondary N) is 1. The number of likely N-dealkylation sites (tertiary alicyclic amines) is 1. The van der Waals surface area contributed by atoms with Crippen LogP contribution in [0.1, 0.15) is 68.8 Å². The predicted molar refractivity (Wildman–Crippen MR) is 141 cm³/mol. The number of anilines is 2. The summed E-state index contributed by atoms with van der Waals surface area (Å²) in [4.78, 5) is 14.9. The SMILES string of the molecule is C/C(N)=C(/C)CN1CCC(c2ccc(C(=O)Nc3ccccc3N)cc2)CC1.C=C(C)CC. The molecule has 0 bridgehead atoms. The van der Waals surface area contributed by atoms with Crippen LogP contribution in [0.4, 0.5) is 11.4 Å². The quantitative estimate of drug-likeness (QED) is 0.378. The lowest BCUT2D eigenvalue weighted by molar-refractivity contribution is 0.102. The summed E-state index contributed by atoms with van der Waals surface area (Å²) in [5.74, 6) is 0.403. The van der Waals surface area contributed by atoms with E-state index in [1.807, 2.05) is 38.1 Å². The molecule has 2 aromatic rings. The smallest absolute Gasteiger partial charge is 0.255 e. The number of benzene rings is 2. The summed E-state index contributed by atoms with van der Waals surface area (Å²) >= 11 is 0. The molecule has 5 heteroatoms. The molecule has 1 amide bonds. The van der Waals surface area contributed by atoms with Crippen LogP contribution in [0, 0.1) is 0 Å². The van der Waals surface area contributed by atoms with E-state index in [1.54, 1.807) is 12.1 Å². The van der Waals surface area contributed by atoms with E-state index < -0.39 is 0 Å². The molecule has 0 aliphatic carbocycles. The lowest BCUT2D eigenvalue weighted by atomic mass is 9.89. The summed E-state index contributed by atoms with van der Waals surface area (Å²) in [7, 11) is 0. The van der Waals surface area contributed by atoms with Gasteiger partial charge >= 0.3 is 0 Å². The Hall–Kier alpha value is -3.05. The molecule has 0 spiro atoms. The minimum atomic E-state index is -0.140. The number of amides is 1. The van der Waals surface area contributed by atoms with Crippen molar-refractivity contribution in [3.8, 4) is 0 Å². The third kappa shape index (κ3) is 8.43. The first-order valence-electron chi connectivity index (χ1n) is 11.8. The maximum absolute atomic E-state index is 12.5. The molecule has 0 radical (unpaired) electrons. The second-order valence-electron chi connectivity index (χ2n) is 8.99. The van der Waals surface area contributed by atoms with Gasteiger partial charge in [0.25, 0.3) is 5.91 Å². The van der Waals surface area contributed by atoms with Crippen LogP contribution in [0.2, 0.25) is 0 Å². The van der Waals surface area contributed by atoms with Crippen LogP contribution in [0.3, 0.4) is 0 Å². The summed E-state index contributed by atoms with van der Waals surface area (Å²) in [6.45, 7) is 15.0. The molecule has 0 aromatic heterocycles. The Morgan fingerprint density at radius 2 is 1.64 bits per heavy atom. The van der Waals surface area contributed by atoms with Crippen molar-refractivity contribution in [2.45, 2.75) is 52.9 Å². The van der Waals surface area contributed by atoms with Gasteiger partial charge in [0.2, 0.25) is 0 Å². The Balaban J connectivity index is 0.000000696. The van der Waals surface area contributed by atoms with Crippen molar-refractivity contribution in [1.82, 2.24) is 4.90 Å². The van der Waals surface area contributed by atoms with Gasteiger partial charge in [-0.05, 0) is 94.4 Å². The Morgan fingerprint density at radius 3 is 2.15 bits per heavy atom. The van der Waals surface area contributed by atoms with Gasteiger partial charge in [0.1, 0.15) is 0 Å². The minimum absolute atomic E-state index is 0.140. The van der Waals surface area contributed by atoms with E-state index >= 15 is 0 Å². The van der Waals surface area contributed by atoms with Gasteiger partial charge in [0, 0.05) is 17.8 Å². The van der Waals surface area contributed by atoms with Gasteiger partial charge in [0.05, 0.1) is 11.4 Å². The standard InChI is InChI=1S/C23H30N4O.C5H10/c1-16(17(2)24)15-27-13-11-19(12-14-27)18-7-9-20(10-8-18)23(28)26-22-6-4-3-5-21(22)25;1-4-5(2)3/h3-10,19H,11-15,24-25H2,1-2H3,(H,26,28);2,4H2,1,3H3/b17-16+;. The van der Waals surface area contributed by atoms with Crippen molar-refractivity contribution in [2.24, 2.45) is 5.73 Å². The highest BCUT2D eigenvalue weighted by Crippen LogP contribution is 2.29. The lowest BCUT2D eigenvalue weighted by Gasteiger charge is -2.32. The molecular weight excluding hydrogens is 408 g/mol. The number of piperidine rings is 1. The maximum Gasteiger partial charge on any atom is 0.255 e. The summed E-state index contributed by atoms with van der Waals surface area (Å²) in [6, 6.07) is 15.3. The van der Waals surface area contributed by atoms with E-state index in [1.165, 1.54) is 16.7 Å². The maximum atomic E-state index is 12.5. The number of nitrogens with zero attached hydrogens (tertiary/aromatic N) is 1. The number of carbonyl (C=O) groups excluding carboxylic acids is 1. The second kappa shape index (κ2) is 12.9. The molecule has 1 aliphatic heterocycles. The highest BCUT2D eigenvalue weighted by molar-refractivity contribution is 6.05. The first kappa shape index (κ1) is 26.2. The van der Waals surface area contributed by atoms with Gasteiger partial charge in [-0.3, -0.25) is 9.69 Å². The first-order chi connectivity index (χ1) is 15.7. The lowest BCUT2D eigenvalue weighted by Crippen LogP contribution is -2.34. The molecule has 1 aliphatic rings. The Labute approximate surface area is 199 Å². The normalized spacial score (nSPS) is 15.2. The van der Waals surface area contributed by atoms with E-state index in [4.69, 9.17) is 11.5 Å². The predicted octanol–water partition coefficient (Wildman–Crippen LogP) is 5.93. The second-order valence-corrected chi connectivity index (χ2v) is 8.99. The van der Waals surface area contributed by atoms with Crippen molar-refractivity contribution in [3.63, 3.8) is 0 Å². The van der Waals surface area contributed by atoms with E-state index in [2.05, 4.69) is 42.8 Å². The van der Waals surface area contributed by atoms with E-state index in [0.29, 0.717) is 22.9 Å². The Morgan fingerprint density at radius 1 is 1.06 bits per heavy atom. The Bertz CT molecular complexity index is 950. The van der Waals surface area contributed by atoms with Gasteiger partial charge in [-0.2, -0.15) is 0 Å². The van der Waals surface area contributed by atoms with Crippen LogP contribution in [0.5, 0.6) is 0 Å². The number of hydrogen-bond acceptors (Lipinski definition) is 4. The molecule has 1 heterocycles. The third-order valence-corrected chi connectivity index (χ3v) is 6.18. The summed E-state index contributed by atoms with van der Waals surface area (Å²) in [5.41, 5.74) is 18.4. The molecule has 5 nitrogen and oxygen atoms in total. The highest BCUT2D eigenvalue weighted by atomic mass is 16.1. The Kier molecular flexibility index (Phi) is 10.2. The number of rotatable bonds is 6. The van der Waals surface area contributed by atoms with Crippen molar-refractivity contribution in [1.29, 1.82) is 0 Å². The van der Waals surface area contributed by atoms with Gasteiger partial charge in [0.15, 0.2) is 0 Å². The fourth-order valence-electron chi connectivity index (χ4n) is 3.60. The zero-order valence-electron chi connectivity index (χ0n) is 20.7. The average molecular weight is 449 g/mol. The van der Waals surface area contributed by atoms with E-state index in [9.17, 15) is 4.79 Å². The molecule has 33 heavy (non-hydrogen) atoms. The molecule has 1 fully saturated rings. The molecule has 5 N–H and O–H groups in total. The van der Waals surface area contributed by atoms with Crippen molar-refractivity contribution in [3.05, 3.63) is 83.1 Å². The molecule has 178 valence electrons. The summed E-state index contributed by atoms with van der Waals surface area (Å²) in [6.07, 6.45) is 3.37. The number of hydrogen-bond donors (Lipinski definition) is 3. The van der Waals surface area contributed by atoms with Crippen LogP contribution in [0.25, 0.3) is 0 Å². The van der Waals surface area contributed by atoms with Gasteiger partial charge < -0.3 is 16.8 Å². The molecular formula is C28H40N4O. The monoisotopic (exact) mass is 448 g/mol. The minimum Gasteiger partial charge on any atom is -0.402 e. The van der Waals surface area contributed by atoms with Crippen molar-refractivity contribution >= 4 is 17.3 Å². The van der Waals surface area contributed by atoms with Gasteiger partial charge in [-0.25, -0.2) is 0 Å². The highest BCUT2D eigenvalue weighted by Gasteiger charge is 2.21. The van der Waals surface area contributed by atoms with E-state index in [0.717, 1.165) is 44.6 Å². The molecule has 3 rings (SSSR count). The topological polar surface area (TPSA) is 84.4 Å². The average Bonchev–Trinajstić information content (AvgIpc) is 2.81. The van der Waals surface area contributed by atoms with Crippen LogP contribution in [-0.2, 0) is 0 Å². The zero-order chi connectivity index (χ0) is 24.4. The molecule has 0 unspecified atom stereocenters. The van der Waals surface area contributed by atoms with Crippen LogP contribution >= 0.6 is 0 Å². The van der Waals surface area contributed by atoms with Crippen LogP contribution in [-0.4, -0.2) is 30.4 Å². The molecule has 0 atom stereocenters. The van der Waals surface area contributed by atoms with E-state index in [-0.39, 0.29) is 5.91 Å². The fraction of sp³-hybridized carbons (Fsp3) is 0.393. The summed E-state index contributed by atoms with van der Waals surface area (Å²) in [5, 5.41) is 2.87. The molecule has 2 aromatic carbocycles. The third-order valence-electron chi connectivity index (χ3n) is 6.18. The number of nitrogens with two attached hydrogens (primary N) is 2. The van der Waals surface area contributed by atoms with Crippen LogP contribution < -0.4 is 16.8 Å². The first-order valence-corrected chi connectivity index (χ1v) is 11.8. The fourth-order valence-corrected chi connectivity index (χ4v) is 3.60. The van der Waals surface area contributed by atoms with Crippen molar-refractivity contribution < 1.29 is 4.79 Å². The largest absolute Gasteiger partial charge is 0.402 e. The number of nitrogen functional groups attached to an aromatic ring is 1. The van der Waals surface area contributed by atoms with Crippen LogP contribution in [0.15, 0.2) is 72.0 Å². The zero-order valence-corrected chi connectivity index (χ0v) is 20.7. The number of carbonyl (C=O) groups is 1. The van der Waals surface area contributed by atoms with Gasteiger partial charge in [-0.15, -0.1) is 6.58 Å². The van der Waals surface area contributed by atoms with Gasteiger partial charge in [-0.1, -0.05) is 36.8 Å². The number of allylic oxidation sites excluding steroid dienone is 2. The molecule has 0 saturated carbocycles. The summed E-state index contributed by atoms with van der Waals surface area (Å²) < 4.78 is 0.